The van der Waals surface area contributed by atoms with Crippen molar-refractivity contribution in [1.29, 1.82) is 0 Å². The molecule has 2 heterocycles. The van der Waals surface area contributed by atoms with Crippen molar-refractivity contribution in [2.45, 2.75) is 6.10 Å². The number of furan rings is 1. The minimum atomic E-state index is -0.805. The van der Waals surface area contributed by atoms with Gasteiger partial charge in [-0.2, -0.15) is 0 Å². The highest BCUT2D eigenvalue weighted by molar-refractivity contribution is 7.13. The number of nitrogens with one attached hydrogen (secondary N) is 1. The van der Waals surface area contributed by atoms with Gasteiger partial charge in [0.15, 0.2) is 17.1 Å². The lowest BCUT2D eigenvalue weighted by atomic mass is 10.1. The second kappa shape index (κ2) is 7.88. The number of amides is 1. The third-order valence-corrected chi connectivity index (χ3v) is 5.43. The average Bonchev–Trinajstić information content (AvgIpc) is 3.41. The van der Waals surface area contributed by atoms with Crippen LogP contribution in [0, 0.1) is 0 Å². The molecule has 0 aliphatic rings. The molecule has 0 saturated carbocycles. The van der Waals surface area contributed by atoms with Crippen LogP contribution in [0.25, 0.3) is 21.4 Å². The standard InChI is InChI=1S/C22H19NO4S/c1-26-18-5-2-4-16-12-19(27-21(16)18)22(25)23-13-17(24)14-7-9-15(10-8-14)20-6-3-11-28-20/h2-12,17,24H,13H2,1H3,(H,23,25). The van der Waals surface area contributed by atoms with Crippen molar-refractivity contribution >= 4 is 28.2 Å². The van der Waals surface area contributed by atoms with Crippen LogP contribution in [0.2, 0.25) is 0 Å². The van der Waals surface area contributed by atoms with Gasteiger partial charge in [0.05, 0.1) is 13.2 Å². The van der Waals surface area contributed by atoms with E-state index in [0.29, 0.717) is 11.3 Å². The van der Waals surface area contributed by atoms with E-state index in [2.05, 4.69) is 11.4 Å². The summed E-state index contributed by atoms with van der Waals surface area (Å²) >= 11 is 1.67. The van der Waals surface area contributed by atoms with Gasteiger partial charge in [0.25, 0.3) is 5.91 Å². The second-order valence-corrected chi connectivity index (χ2v) is 7.26. The number of methoxy groups -OCH3 is 1. The second-order valence-electron chi connectivity index (χ2n) is 6.31. The molecular formula is C22H19NO4S. The molecule has 0 radical (unpaired) electrons. The van der Waals surface area contributed by atoms with Crippen molar-refractivity contribution in [2.75, 3.05) is 13.7 Å². The number of hydrogen-bond acceptors (Lipinski definition) is 5. The molecule has 1 atom stereocenters. The van der Waals surface area contributed by atoms with Crippen LogP contribution in [0.5, 0.6) is 5.75 Å². The molecule has 2 N–H and O–H groups in total. The Morgan fingerprint density at radius 3 is 2.71 bits per heavy atom. The molecule has 4 aromatic rings. The van der Waals surface area contributed by atoms with Gasteiger partial charge in [-0.3, -0.25) is 4.79 Å². The van der Waals surface area contributed by atoms with Gasteiger partial charge in [0, 0.05) is 16.8 Å². The monoisotopic (exact) mass is 393 g/mol. The minimum Gasteiger partial charge on any atom is -0.493 e. The van der Waals surface area contributed by atoms with Crippen molar-refractivity contribution in [1.82, 2.24) is 5.32 Å². The van der Waals surface area contributed by atoms with Gasteiger partial charge >= 0.3 is 0 Å². The fraction of sp³-hybridized carbons (Fsp3) is 0.136. The summed E-state index contributed by atoms with van der Waals surface area (Å²) in [6.07, 6.45) is -0.805. The number of carbonyl (C=O) groups excluding carboxylic acids is 1. The summed E-state index contributed by atoms with van der Waals surface area (Å²) in [7, 11) is 1.55. The molecule has 2 aromatic carbocycles. The molecule has 6 heteroatoms. The maximum absolute atomic E-state index is 12.4. The van der Waals surface area contributed by atoms with Crippen molar-refractivity contribution in [3.8, 4) is 16.2 Å². The van der Waals surface area contributed by atoms with Gasteiger partial charge in [0.2, 0.25) is 0 Å². The van der Waals surface area contributed by atoms with E-state index in [1.165, 1.54) is 4.88 Å². The number of hydrogen-bond donors (Lipinski definition) is 2. The normalized spacial score (nSPS) is 12.1. The van der Waals surface area contributed by atoms with Gasteiger partial charge in [-0.25, -0.2) is 0 Å². The van der Waals surface area contributed by atoms with E-state index in [4.69, 9.17) is 9.15 Å². The van der Waals surface area contributed by atoms with E-state index in [9.17, 15) is 9.90 Å². The van der Waals surface area contributed by atoms with Crippen molar-refractivity contribution < 1.29 is 19.1 Å². The molecule has 0 aliphatic carbocycles. The summed E-state index contributed by atoms with van der Waals surface area (Å²) in [4.78, 5) is 13.6. The minimum absolute atomic E-state index is 0.0887. The maximum Gasteiger partial charge on any atom is 0.287 e. The molecule has 142 valence electrons. The van der Waals surface area contributed by atoms with Crippen LogP contribution in [0.3, 0.4) is 0 Å². The number of fused-ring (bicyclic) bond motifs is 1. The summed E-state index contributed by atoms with van der Waals surface area (Å²) < 4.78 is 10.9. The number of aliphatic hydroxyl groups excluding tert-OH is 1. The largest absolute Gasteiger partial charge is 0.493 e. The van der Waals surface area contributed by atoms with Crippen LogP contribution >= 0.6 is 11.3 Å². The zero-order valence-corrected chi connectivity index (χ0v) is 16.0. The third kappa shape index (κ3) is 3.65. The number of ether oxygens (including phenoxy) is 1. The van der Waals surface area contributed by atoms with E-state index in [0.717, 1.165) is 16.5 Å². The van der Waals surface area contributed by atoms with E-state index in [1.807, 2.05) is 47.8 Å². The highest BCUT2D eigenvalue weighted by atomic mass is 32.1. The van der Waals surface area contributed by atoms with Gasteiger partial charge < -0.3 is 19.6 Å². The number of aliphatic hydroxyl groups is 1. The van der Waals surface area contributed by atoms with Crippen LogP contribution in [0.1, 0.15) is 22.2 Å². The number of thiophene rings is 1. The average molecular weight is 393 g/mol. The van der Waals surface area contributed by atoms with Gasteiger partial charge in [-0.1, -0.05) is 42.5 Å². The van der Waals surface area contributed by atoms with Crippen LogP contribution in [0.15, 0.2) is 70.5 Å². The molecule has 1 unspecified atom stereocenters. The van der Waals surface area contributed by atoms with Crippen molar-refractivity contribution in [2.24, 2.45) is 0 Å². The Morgan fingerprint density at radius 1 is 1.18 bits per heavy atom. The first-order valence-corrected chi connectivity index (χ1v) is 9.70. The van der Waals surface area contributed by atoms with Crippen LogP contribution in [-0.4, -0.2) is 24.7 Å². The summed E-state index contributed by atoms with van der Waals surface area (Å²) in [5, 5.41) is 15.9. The first-order valence-electron chi connectivity index (χ1n) is 8.82. The number of benzene rings is 2. The van der Waals surface area contributed by atoms with Crippen LogP contribution < -0.4 is 10.1 Å². The summed E-state index contributed by atoms with van der Waals surface area (Å²) in [5.41, 5.74) is 2.37. The fourth-order valence-corrected chi connectivity index (χ4v) is 3.75. The highest BCUT2D eigenvalue weighted by Gasteiger charge is 2.16. The topological polar surface area (TPSA) is 71.7 Å². The lowest BCUT2D eigenvalue weighted by molar-refractivity contribution is 0.0891. The van der Waals surface area contributed by atoms with Gasteiger partial charge in [0.1, 0.15) is 0 Å². The molecule has 28 heavy (non-hydrogen) atoms. The molecule has 0 saturated heterocycles. The molecule has 4 rings (SSSR count). The summed E-state index contributed by atoms with van der Waals surface area (Å²) in [6.45, 7) is 0.0887. The lowest BCUT2D eigenvalue weighted by Gasteiger charge is -2.12. The first-order chi connectivity index (χ1) is 13.7. The molecule has 0 spiro atoms. The van der Waals surface area contributed by atoms with Gasteiger partial charge in [-0.15, -0.1) is 11.3 Å². The predicted octanol–water partition coefficient (Wildman–Crippen LogP) is 4.63. The number of para-hydroxylation sites is 1. The van der Waals surface area contributed by atoms with Crippen LogP contribution in [-0.2, 0) is 0 Å². The SMILES string of the molecule is COc1cccc2cc(C(=O)NCC(O)c3ccc(-c4cccs4)cc3)oc12. The Balaban J connectivity index is 1.41. The van der Waals surface area contributed by atoms with Crippen LogP contribution in [0.4, 0.5) is 0 Å². The zero-order valence-electron chi connectivity index (χ0n) is 15.2. The Bertz CT molecular complexity index is 1080. The molecule has 0 bridgehead atoms. The van der Waals surface area contributed by atoms with Gasteiger partial charge in [-0.05, 0) is 34.7 Å². The molecule has 5 nitrogen and oxygen atoms in total. The number of rotatable bonds is 6. The van der Waals surface area contributed by atoms with E-state index < -0.39 is 6.10 Å². The Morgan fingerprint density at radius 2 is 2.00 bits per heavy atom. The highest BCUT2D eigenvalue weighted by Crippen LogP contribution is 2.29. The quantitative estimate of drug-likeness (QED) is 0.501. The molecule has 1 amide bonds. The molecule has 0 fully saturated rings. The van der Waals surface area contributed by atoms with E-state index in [1.54, 1.807) is 30.6 Å². The Hall–Kier alpha value is -3.09. The fourth-order valence-electron chi connectivity index (χ4n) is 3.02. The zero-order chi connectivity index (χ0) is 19.5. The van der Waals surface area contributed by atoms with E-state index in [-0.39, 0.29) is 18.2 Å². The summed E-state index contributed by atoms with van der Waals surface area (Å²) in [5.74, 6) is 0.370. The van der Waals surface area contributed by atoms with Crippen molar-refractivity contribution in [3.05, 3.63) is 77.4 Å². The Kier molecular flexibility index (Phi) is 5.14. The lowest BCUT2D eigenvalue weighted by Crippen LogP contribution is -2.28. The summed E-state index contributed by atoms with van der Waals surface area (Å²) in [6, 6.07) is 18.9. The molecular weight excluding hydrogens is 374 g/mol. The third-order valence-electron chi connectivity index (χ3n) is 4.51. The maximum atomic E-state index is 12.4. The first kappa shape index (κ1) is 18.3. The van der Waals surface area contributed by atoms with Crippen molar-refractivity contribution in [3.63, 3.8) is 0 Å². The number of carbonyl (C=O) groups is 1. The molecule has 2 aromatic heterocycles. The Labute approximate surface area is 166 Å². The van der Waals surface area contributed by atoms with E-state index >= 15 is 0 Å². The molecule has 0 aliphatic heterocycles. The predicted molar refractivity (Wildman–Crippen MR) is 110 cm³/mol. The smallest absolute Gasteiger partial charge is 0.287 e.